The van der Waals surface area contributed by atoms with Gasteiger partial charge in [0.25, 0.3) is 11.1 Å². The molecule has 1 aromatic carbocycles. The number of hydrogen-bond donors (Lipinski definition) is 2. The van der Waals surface area contributed by atoms with Crippen LogP contribution >= 0.6 is 11.8 Å². The number of nitrogens with zero attached hydrogens (tertiary/aromatic N) is 1. The Balaban J connectivity index is 1.36. The molecule has 0 spiro atoms. The Morgan fingerprint density at radius 2 is 2.22 bits per heavy atom. The molecule has 8 heteroatoms. The van der Waals surface area contributed by atoms with E-state index in [2.05, 4.69) is 21.7 Å². The highest BCUT2D eigenvalue weighted by Crippen LogP contribution is 2.32. The summed E-state index contributed by atoms with van der Waals surface area (Å²) in [5, 5.41) is 4.35. The van der Waals surface area contributed by atoms with E-state index in [4.69, 9.17) is 4.74 Å². The summed E-state index contributed by atoms with van der Waals surface area (Å²) in [6.45, 7) is 0.305. The average molecular weight is 381 g/mol. The number of benzene rings is 1. The molecule has 3 heterocycles. The lowest BCUT2D eigenvalue weighted by molar-refractivity contribution is -0.118. The van der Waals surface area contributed by atoms with Crippen molar-refractivity contribution in [1.29, 1.82) is 0 Å². The van der Waals surface area contributed by atoms with Crippen molar-refractivity contribution in [2.45, 2.75) is 12.5 Å². The highest BCUT2D eigenvalue weighted by molar-refractivity contribution is 8.18. The van der Waals surface area contributed by atoms with Gasteiger partial charge in [0.15, 0.2) is 0 Å². The standard InChI is InChI=1S/C19H15N3O4S/c23-17(8-16-18(24)22-19(25)27-16)21-10-14-7-13-6-11(3-4-15(13)26-14)12-2-1-5-20-9-12/h1-6,8-9,14H,7,10H2,(H,21,23)(H,22,24,25). The molecule has 1 saturated heterocycles. The molecule has 7 nitrogen and oxygen atoms in total. The molecule has 2 aromatic rings. The fraction of sp³-hybridized carbons (Fsp3) is 0.158. The molecule has 1 fully saturated rings. The Hall–Kier alpha value is -3.13. The first-order valence-electron chi connectivity index (χ1n) is 8.31. The first-order chi connectivity index (χ1) is 13.1. The molecule has 0 aliphatic carbocycles. The Labute approximate surface area is 159 Å². The van der Waals surface area contributed by atoms with Gasteiger partial charge in [-0.15, -0.1) is 0 Å². The van der Waals surface area contributed by atoms with Gasteiger partial charge in [-0.05, 0) is 41.1 Å². The fourth-order valence-corrected chi connectivity index (χ4v) is 3.61. The van der Waals surface area contributed by atoms with Crippen LogP contribution in [-0.4, -0.2) is 34.7 Å². The lowest BCUT2D eigenvalue weighted by atomic mass is 10.0. The first-order valence-corrected chi connectivity index (χ1v) is 9.13. The molecule has 1 aromatic heterocycles. The number of nitrogens with one attached hydrogen (secondary N) is 2. The van der Waals surface area contributed by atoms with E-state index in [-0.39, 0.29) is 11.0 Å². The second kappa shape index (κ2) is 7.24. The molecule has 1 atom stereocenters. The smallest absolute Gasteiger partial charge is 0.290 e. The van der Waals surface area contributed by atoms with Gasteiger partial charge >= 0.3 is 0 Å². The van der Waals surface area contributed by atoms with Crippen molar-refractivity contribution >= 4 is 28.8 Å². The topological polar surface area (TPSA) is 97.4 Å². The summed E-state index contributed by atoms with van der Waals surface area (Å²) in [6.07, 6.45) is 5.17. The summed E-state index contributed by atoms with van der Waals surface area (Å²) in [5.41, 5.74) is 3.17. The van der Waals surface area contributed by atoms with Gasteiger partial charge in [0.1, 0.15) is 11.9 Å². The minimum absolute atomic E-state index is 0.0919. The number of amides is 3. The van der Waals surface area contributed by atoms with Crippen LogP contribution in [0.4, 0.5) is 4.79 Å². The molecule has 2 aliphatic heterocycles. The molecule has 1 unspecified atom stereocenters. The molecule has 0 bridgehead atoms. The van der Waals surface area contributed by atoms with Crippen molar-refractivity contribution in [3.05, 3.63) is 59.3 Å². The van der Waals surface area contributed by atoms with E-state index >= 15 is 0 Å². The van der Waals surface area contributed by atoms with Gasteiger partial charge in [-0.2, -0.15) is 0 Å². The normalized spacial score (nSPS) is 19.6. The SMILES string of the molecule is O=C(C=C1SC(=O)NC1=O)NCC1Cc2cc(-c3cccnc3)ccc2O1. The van der Waals surface area contributed by atoms with Crippen LogP contribution in [0.5, 0.6) is 5.75 Å². The van der Waals surface area contributed by atoms with E-state index in [1.807, 2.05) is 30.5 Å². The van der Waals surface area contributed by atoms with Crippen LogP contribution in [0, 0.1) is 0 Å². The molecule has 136 valence electrons. The van der Waals surface area contributed by atoms with Gasteiger partial charge in [0.05, 0.1) is 11.4 Å². The molecule has 4 rings (SSSR count). The summed E-state index contributed by atoms with van der Waals surface area (Å²) < 4.78 is 5.87. The highest BCUT2D eigenvalue weighted by Gasteiger charge is 2.27. The molecule has 27 heavy (non-hydrogen) atoms. The average Bonchev–Trinajstić information content (AvgIpc) is 3.22. The van der Waals surface area contributed by atoms with Gasteiger partial charge < -0.3 is 10.1 Å². The van der Waals surface area contributed by atoms with Crippen molar-refractivity contribution in [3.8, 4) is 16.9 Å². The van der Waals surface area contributed by atoms with Crippen LogP contribution < -0.4 is 15.4 Å². The number of pyridine rings is 1. The molecular formula is C19H15N3O4S. The van der Waals surface area contributed by atoms with Crippen LogP contribution in [-0.2, 0) is 16.0 Å². The number of aromatic nitrogens is 1. The number of hydrogen-bond acceptors (Lipinski definition) is 6. The van der Waals surface area contributed by atoms with Crippen molar-refractivity contribution < 1.29 is 19.1 Å². The van der Waals surface area contributed by atoms with Gasteiger partial charge in [-0.3, -0.25) is 24.7 Å². The number of carbonyl (C=O) groups excluding carboxylic acids is 3. The molecule has 2 N–H and O–H groups in total. The monoisotopic (exact) mass is 381 g/mol. The number of fused-ring (bicyclic) bond motifs is 1. The minimum Gasteiger partial charge on any atom is -0.488 e. The largest absolute Gasteiger partial charge is 0.488 e. The molecule has 0 saturated carbocycles. The second-order valence-electron chi connectivity index (χ2n) is 6.11. The number of thioether (sulfide) groups is 1. The van der Waals surface area contributed by atoms with Crippen LogP contribution in [0.25, 0.3) is 11.1 Å². The van der Waals surface area contributed by atoms with Crippen molar-refractivity contribution in [3.63, 3.8) is 0 Å². The molecule has 3 amide bonds. The van der Waals surface area contributed by atoms with E-state index < -0.39 is 17.1 Å². The lowest BCUT2D eigenvalue weighted by Gasteiger charge is -2.10. The third-order valence-corrected chi connectivity index (χ3v) is 5.02. The maximum atomic E-state index is 12.0. The summed E-state index contributed by atoms with van der Waals surface area (Å²) >= 11 is 0.714. The van der Waals surface area contributed by atoms with E-state index in [9.17, 15) is 14.4 Å². The highest BCUT2D eigenvalue weighted by atomic mass is 32.2. The zero-order valence-electron chi connectivity index (χ0n) is 14.1. The third kappa shape index (κ3) is 3.85. The predicted molar refractivity (Wildman–Crippen MR) is 100 cm³/mol. The molecule has 2 aliphatic rings. The number of imide groups is 1. The van der Waals surface area contributed by atoms with Gasteiger partial charge in [0.2, 0.25) is 5.91 Å². The third-order valence-electron chi connectivity index (χ3n) is 4.20. The van der Waals surface area contributed by atoms with E-state index in [1.54, 1.807) is 6.20 Å². The predicted octanol–water partition coefficient (Wildman–Crippen LogP) is 2.04. The van der Waals surface area contributed by atoms with Crippen molar-refractivity contribution in [2.24, 2.45) is 0 Å². The summed E-state index contributed by atoms with van der Waals surface area (Å²) in [4.78, 5) is 38.7. The number of carbonyl (C=O) groups is 3. The van der Waals surface area contributed by atoms with E-state index in [0.29, 0.717) is 24.7 Å². The lowest BCUT2D eigenvalue weighted by Crippen LogP contribution is -2.33. The Morgan fingerprint density at radius 3 is 2.96 bits per heavy atom. The van der Waals surface area contributed by atoms with Crippen LogP contribution in [0.1, 0.15) is 5.56 Å². The zero-order valence-corrected chi connectivity index (χ0v) is 14.9. The summed E-state index contributed by atoms with van der Waals surface area (Å²) in [7, 11) is 0. The minimum atomic E-state index is -0.549. The quantitative estimate of drug-likeness (QED) is 0.787. The van der Waals surface area contributed by atoms with Gasteiger partial charge in [-0.25, -0.2) is 0 Å². The maximum Gasteiger partial charge on any atom is 0.290 e. The molecule has 0 radical (unpaired) electrons. The number of ether oxygens (including phenoxy) is 1. The van der Waals surface area contributed by atoms with Crippen LogP contribution in [0.2, 0.25) is 0 Å². The Morgan fingerprint density at radius 1 is 1.33 bits per heavy atom. The maximum absolute atomic E-state index is 12.0. The van der Waals surface area contributed by atoms with Crippen LogP contribution in [0.3, 0.4) is 0 Å². The molecular weight excluding hydrogens is 366 g/mol. The summed E-state index contributed by atoms with van der Waals surface area (Å²) in [5.74, 6) is -0.179. The Kier molecular flexibility index (Phi) is 4.64. The summed E-state index contributed by atoms with van der Waals surface area (Å²) in [6, 6.07) is 9.86. The van der Waals surface area contributed by atoms with Crippen LogP contribution in [0.15, 0.2) is 53.7 Å². The second-order valence-corrected chi connectivity index (χ2v) is 7.12. The van der Waals surface area contributed by atoms with Crippen molar-refractivity contribution in [1.82, 2.24) is 15.6 Å². The van der Waals surface area contributed by atoms with Gasteiger partial charge in [-0.1, -0.05) is 12.1 Å². The number of rotatable bonds is 4. The van der Waals surface area contributed by atoms with E-state index in [1.165, 1.54) is 0 Å². The van der Waals surface area contributed by atoms with E-state index in [0.717, 1.165) is 28.5 Å². The fourth-order valence-electron chi connectivity index (χ4n) is 2.95. The zero-order chi connectivity index (χ0) is 18.8. The Bertz CT molecular complexity index is 959. The van der Waals surface area contributed by atoms with Gasteiger partial charge in [0, 0.05) is 30.5 Å². The van der Waals surface area contributed by atoms with Crippen molar-refractivity contribution in [2.75, 3.05) is 6.54 Å². The first kappa shape index (κ1) is 17.3.